The summed E-state index contributed by atoms with van der Waals surface area (Å²) >= 11 is 0. The molecule has 4 aromatic rings. The number of hydrogen-bond donors (Lipinski definition) is 4. The average molecular weight is 613 g/mol. The molecule has 0 radical (unpaired) electrons. The first-order valence-corrected chi connectivity index (χ1v) is 16.0. The zero-order chi connectivity index (χ0) is 31.6. The van der Waals surface area contributed by atoms with E-state index < -0.39 is 20.2 Å². The van der Waals surface area contributed by atoms with Crippen molar-refractivity contribution < 1.29 is 30.3 Å². The number of nitrogen functional groups attached to an aromatic ring is 1. The second-order valence-corrected chi connectivity index (χ2v) is 14.6. The lowest BCUT2D eigenvalue weighted by Crippen LogP contribution is -2.17. The molecule has 226 valence electrons. The summed E-state index contributed by atoms with van der Waals surface area (Å²) in [7, 11) is -7.33. The minimum Gasteiger partial charge on any atom is -0.369 e. The predicted octanol–water partition coefficient (Wildman–Crippen LogP) is 4.56. The number of nitrogens with one attached hydrogen (secondary N) is 1. The third kappa shape index (κ3) is 11.2. The van der Waals surface area contributed by atoms with E-state index in [1.165, 1.54) is 12.1 Å². The number of halogens is 1. The first-order valence-electron chi connectivity index (χ1n) is 12.3. The number of anilines is 1. The van der Waals surface area contributed by atoms with Crippen molar-refractivity contribution in [1.82, 2.24) is 24.5 Å². The maximum atomic E-state index is 13.5. The minimum absolute atomic E-state index is 0.0199. The van der Waals surface area contributed by atoms with Crippen LogP contribution in [0.4, 0.5) is 10.3 Å². The largest absolute Gasteiger partial charge is 0.369 e. The lowest BCUT2D eigenvalue weighted by Gasteiger charge is -2.19. The van der Waals surface area contributed by atoms with E-state index in [4.69, 9.17) is 24.8 Å². The standard InChI is InChI=1S/C24H29FN6.2CH4O3S/c1-23(2,3)13-31-20-17(28-22(31)26)12-11-16(27-20)19-18(14-7-9-15(25)10-8-14)29-21(30-19)24(4,5)6;2*1-5(2,3)4/h7-12H,13H2,1-6H3,(H2,26,28)(H,29,30);2*1H3,(H,2,3,4). The van der Waals surface area contributed by atoms with Gasteiger partial charge in [-0.2, -0.15) is 16.8 Å². The number of nitrogens with two attached hydrogens (primary N) is 1. The Hall–Kier alpha value is -3.40. The van der Waals surface area contributed by atoms with Gasteiger partial charge < -0.3 is 10.7 Å². The van der Waals surface area contributed by atoms with E-state index in [2.05, 4.69) is 51.5 Å². The van der Waals surface area contributed by atoms with E-state index in [0.29, 0.717) is 25.0 Å². The normalized spacial score (nSPS) is 12.4. The molecule has 0 bridgehead atoms. The van der Waals surface area contributed by atoms with E-state index in [1.54, 1.807) is 12.1 Å². The fourth-order valence-electron chi connectivity index (χ4n) is 3.52. The van der Waals surface area contributed by atoms with Gasteiger partial charge >= 0.3 is 0 Å². The molecule has 15 heteroatoms. The zero-order valence-corrected chi connectivity index (χ0v) is 25.9. The van der Waals surface area contributed by atoms with Crippen molar-refractivity contribution >= 4 is 37.3 Å². The van der Waals surface area contributed by atoms with Crippen molar-refractivity contribution in [3.8, 4) is 22.6 Å². The molecule has 0 atom stereocenters. The highest BCUT2D eigenvalue weighted by Crippen LogP contribution is 2.34. The Morgan fingerprint density at radius 1 is 0.878 bits per heavy atom. The monoisotopic (exact) mass is 612 g/mol. The smallest absolute Gasteiger partial charge is 0.261 e. The number of aromatic amines is 1. The van der Waals surface area contributed by atoms with Crippen molar-refractivity contribution in [2.24, 2.45) is 5.41 Å². The van der Waals surface area contributed by atoms with Crippen LogP contribution >= 0.6 is 0 Å². The number of nitrogens with zero attached hydrogens (tertiary/aromatic N) is 4. The Morgan fingerprint density at radius 3 is 1.85 bits per heavy atom. The fraction of sp³-hybridized carbons (Fsp3) is 0.423. The van der Waals surface area contributed by atoms with Crippen LogP contribution in [0.15, 0.2) is 36.4 Å². The maximum absolute atomic E-state index is 13.5. The molecule has 12 nitrogen and oxygen atoms in total. The molecule has 3 heterocycles. The summed E-state index contributed by atoms with van der Waals surface area (Å²) in [6.45, 7) is 13.4. The molecule has 3 aromatic heterocycles. The Morgan fingerprint density at radius 2 is 1.39 bits per heavy atom. The van der Waals surface area contributed by atoms with Gasteiger partial charge in [0.05, 0.1) is 29.6 Å². The molecule has 0 spiro atoms. The third-order valence-electron chi connectivity index (χ3n) is 5.04. The topological polar surface area (TPSA) is 194 Å². The average Bonchev–Trinajstić information content (AvgIpc) is 3.33. The van der Waals surface area contributed by atoms with Crippen LogP contribution in [0.25, 0.3) is 33.8 Å². The van der Waals surface area contributed by atoms with Gasteiger partial charge in [-0.05, 0) is 41.8 Å². The second kappa shape index (κ2) is 12.2. The van der Waals surface area contributed by atoms with Gasteiger partial charge in [0.1, 0.15) is 17.2 Å². The number of benzene rings is 1. The van der Waals surface area contributed by atoms with Crippen molar-refractivity contribution in [3.63, 3.8) is 0 Å². The molecule has 0 amide bonds. The highest BCUT2D eigenvalue weighted by Gasteiger charge is 2.24. The third-order valence-corrected chi connectivity index (χ3v) is 5.04. The van der Waals surface area contributed by atoms with E-state index >= 15 is 0 Å². The molecule has 0 aliphatic heterocycles. The molecule has 41 heavy (non-hydrogen) atoms. The second-order valence-electron chi connectivity index (χ2n) is 11.7. The number of hydrogen-bond acceptors (Lipinski definition) is 8. The van der Waals surface area contributed by atoms with Crippen LogP contribution in [-0.4, -0.2) is 63.0 Å². The molecule has 5 N–H and O–H groups in total. The SMILES string of the molecule is CC(C)(C)Cn1c(N)nc2ccc(-c3[nH]c(C(C)(C)C)nc3-c3ccc(F)cc3)nc21.CS(=O)(=O)O.CS(=O)(=O)O. The summed E-state index contributed by atoms with van der Waals surface area (Å²) in [6.07, 6.45) is 1.43. The summed E-state index contributed by atoms with van der Waals surface area (Å²) < 4.78 is 67.2. The molecule has 0 fully saturated rings. The van der Waals surface area contributed by atoms with E-state index in [9.17, 15) is 21.2 Å². The predicted molar refractivity (Wildman–Crippen MR) is 158 cm³/mol. The summed E-state index contributed by atoms with van der Waals surface area (Å²) in [4.78, 5) is 17.7. The van der Waals surface area contributed by atoms with Gasteiger partial charge in [-0.3, -0.25) is 13.7 Å². The van der Waals surface area contributed by atoms with Crippen molar-refractivity contribution in [2.45, 2.75) is 53.5 Å². The summed E-state index contributed by atoms with van der Waals surface area (Å²) in [6, 6.07) is 10.2. The van der Waals surface area contributed by atoms with Gasteiger partial charge in [0, 0.05) is 17.5 Å². The number of pyridine rings is 1. The van der Waals surface area contributed by atoms with E-state index in [-0.39, 0.29) is 16.6 Å². The highest BCUT2D eigenvalue weighted by molar-refractivity contribution is 7.85. The molecule has 0 aliphatic rings. The van der Waals surface area contributed by atoms with E-state index in [1.807, 2.05) is 16.7 Å². The van der Waals surface area contributed by atoms with Crippen LogP contribution in [-0.2, 0) is 32.2 Å². The quantitative estimate of drug-likeness (QED) is 0.238. The summed E-state index contributed by atoms with van der Waals surface area (Å²) in [5, 5.41) is 0. The zero-order valence-electron chi connectivity index (χ0n) is 24.3. The molecular formula is C26H37FN6O6S2. The lowest BCUT2D eigenvalue weighted by molar-refractivity contribution is 0.350. The van der Waals surface area contributed by atoms with Gasteiger partial charge in [-0.1, -0.05) is 41.5 Å². The summed E-state index contributed by atoms with van der Waals surface area (Å²) in [5.74, 6) is 1.01. The van der Waals surface area contributed by atoms with E-state index in [0.717, 1.165) is 39.6 Å². The fourth-order valence-corrected chi connectivity index (χ4v) is 3.52. The number of fused-ring (bicyclic) bond motifs is 1. The van der Waals surface area contributed by atoms with Crippen molar-refractivity contribution in [1.29, 1.82) is 0 Å². The minimum atomic E-state index is -3.67. The van der Waals surface area contributed by atoms with Crippen LogP contribution in [0.5, 0.6) is 0 Å². The lowest BCUT2D eigenvalue weighted by atomic mass is 9.96. The Bertz CT molecular complexity index is 1670. The van der Waals surface area contributed by atoms with Gasteiger partial charge in [-0.15, -0.1) is 0 Å². The molecule has 0 saturated heterocycles. The van der Waals surface area contributed by atoms with Crippen LogP contribution in [0.1, 0.15) is 47.4 Å². The Labute approximate surface area is 239 Å². The number of imidazole rings is 2. The van der Waals surface area contributed by atoms with Gasteiger partial charge in [0.25, 0.3) is 20.2 Å². The maximum Gasteiger partial charge on any atom is 0.261 e. The van der Waals surface area contributed by atoms with Crippen LogP contribution in [0.3, 0.4) is 0 Å². The van der Waals surface area contributed by atoms with Gasteiger partial charge in [0.15, 0.2) is 5.65 Å². The highest BCUT2D eigenvalue weighted by atomic mass is 32.2. The number of H-pyrrole nitrogens is 1. The van der Waals surface area contributed by atoms with Gasteiger partial charge in [0.2, 0.25) is 5.95 Å². The number of aromatic nitrogens is 5. The molecule has 1 aromatic carbocycles. The van der Waals surface area contributed by atoms with Crippen LogP contribution < -0.4 is 5.73 Å². The molecule has 0 aliphatic carbocycles. The molecular weight excluding hydrogens is 575 g/mol. The summed E-state index contributed by atoms with van der Waals surface area (Å²) in [5.41, 5.74) is 10.6. The molecule has 4 rings (SSSR count). The van der Waals surface area contributed by atoms with Crippen LogP contribution in [0, 0.1) is 11.2 Å². The molecule has 0 saturated carbocycles. The molecule has 0 unspecified atom stereocenters. The van der Waals surface area contributed by atoms with Crippen molar-refractivity contribution in [3.05, 3.63) is 48.0 Å². The Kier molecular flexibility index (Phi) is 10.1. The van der Waals surface area contributed by atoms with Crippen molar-refractivity contribution in [2.75, 3.05) is 18.2 Å². The Balaban J connectivity index is 0.000000507. The van der Waals surface area contributed by atoms with Crippen LogP contribution in [0.2, 0.25) is 0 Å². The number of rotatable bonds is 3. The van der Waals surface area contributed by atoms with Gasteiger partial charge in [-0.25, -0.2) is 19.3 Å². The first-order chi connectivity index (χ1) is 18.4. The first kappa shape index (κ1) is 33.8.